The quantitative estimate of drug-likeness (QED) is 0.766. The molecule has 0 spiro atoms. The van der Waals surface area contributed by atoms with Gasteiger partial charge in [0.15, 0.2) is 0 Å². The average Bonchev–Trinajstić information content (AvgIpc) is 2.19. The summed E-state index contributed by atoms with van der Waals surface area (Å²) in [6.45, 7) is 4.66. The van der Waals surface area contributed by atoms with Gasteiger partial charge >= 0.3 is 0 Å². The van der Waals surface area contributed by atoms with Crippen molar-refractivity contribution in [1.29, 1.82) is 0 Å². The summed E-state index contributed by atoms with van der Waals surface area (Å²) in [6.07, 6.45) is 6.37. The van der Waals surface area contributed by atoms with Gasteiger partial charge in [0.1, 0.15) is 0 Å². The predicted octanol–water partition coefficient (Wildman–Crippen LogP) is 3.08. The van der Waals surface area contributed by atoms with Crippen molar-refractivity contribution in [3.8, 4) is 0 Å². The molecule has 0 aromatic carbocycles. The van der Waals surface area contributed by atoms with E-state index in [2.05, 4.69) is 38.8 Å². The van der Waals surface area contributed by atoms with Gasteiger partial charge in [-0.3, -0.25) is 4.98 Å². The molecule has 0 radical (unpaired) electrons. The lowest BCUT2D eigenvalue weighted by Gasteiger charge is -2.31. The summed E-state index contributed by atoms with van der Waals surface area (Å²) < 4.78 is 1.06. The molecule has 0 atom stereocenters. The van der Waals surface area contributed by atoms with Crippen molar-refractivity contribution < 1.29 is 0 Å². The molecule has 3 heteroatoms. The van der Waals surface area contributed by atoms with E-state index >= 15 is 0 Å². The molecular weight excluding hydrogens is 240 g/mol. The van der Waals surface area contributed by atoms with E-state index in [1.807, 2.05) is 12.4 Å². The van der Waals surface area contributed by atoms with Crippen molar-refractivity contribution in [2.45, 2.75) is 19.8 Å². The van der Waals surface area contributed by atoms with E-state index in [0.29, 0.717) is 0 Å². The van der Waals surface area contributed by atoms with Gasteiger partial charge in [-0.05, 0) is 40.8 Å². The van der Waals surface area contributed by atoms with E-state index in [-0.39, 0.29) is 0 Å². The van der Waals surface area contributed by atoms with Crippen LogP contribution >= 0.6 is 15.9 Å². The third-order valence-corrected chi connectivity index (χ3v) is 3.27. The lowest BCUT2D eigenvalue weighted by atomic mass is 9.99. The Kier molecular flexibility index (Phi) is 3.06. The molecule has 1 aromatic rings. The number of pyridine rings is 1. The first-order valence-corrected chi connectivity index (χ1v) is 5.90. The summed E-state index contributed by atoms with van der Waals surface area (Å²) in [5, 5.41) is 0. The van der Waals surface area contributed by atoms with Gasteiger partial charge in [0.2, 0.25) is 0 Å². The molecule has 1 aliphatic rings. The highest BCUT2D eigenvalue weighted by Crippen LogP contribution is 2.24. The zero-order valence-corrected chi connectivity index (χ0v) is 10.00. The van der Waals surface area contributed by atoms with Crippen LogP contribution in [0.15, 0.2) is 22.9 Å². The molecule has 0 N–H and O–H groups in total. The van der Waals surface area contributed by atoms with Crippen molar-refractivity contribution in [3.63, 3.8) is 0 Å². The highest BCUT2D eigenvalue weighted by Gasteiger charge is 2.15. The summed E-state index contributed by atoms with van der Waals surface area (Å²) >= 11 is 3.45. The second-order valence-electron chi connectivity index (χ2n) is 4.03. The van der Waals surface area contributed by atoms with Crippen LogP contribution in [0.2, 0.25) is 0 Å². The number of piperidine rings is 1. The van der Waals surface area contributed by atoms with Crippen molar-refractivity contribution >= 4 is 21.6 Å². The number of hydrogen-bond acceptors (Lipinski definition) is 2. The van der Waals surface area contributed by atoms with Crippen LogP contribution in [0.1, 0.15) is 19.8 Å². The third-order valence-electron chi connectivity index (χ3n) is 2.84. The van der Waals surface area contributed by atoms with Gasteiger partial charge in [-0.1, -0.05) is 6.92 Å². The summed E-state index contributed by atoms with van der Waals surface area (Å²) in [4.78, 5) is 6.60. The molecule has 0 bridgehead atoms. The Hall–Kier alpha value is -0.570. The Bertz CT molecular complexity index is 306. The molecular formula is C11H15BrN2. The summed E-state index contributed by atoms with van der Waals surface area (Å²) in [6, 6.07) is 2.14. The van der Waals surface area contributed by atoms with Crippen LogP contribution in [0, 0.1) is 5.92 Å². The Morgan fingerprint density at radius 1 is 1.36 bits per heavy atom. The molecule has 2 heterocycles. The molecule has 1 aliphatic heterocycles. The monoisotopic (exact) mass is 254 g/mol. The minimum absolute atomic E-state index is 0.881. The van der Waals surface area contributed by atoms with Crippen LogP contribution in [0.3, 0.4) is 0 Å². The average molecular weight is 255 g/mol. The zero-order valence-electron chi connectivity index (χ0n) is 8.41. The lowest BCUT2D eigenvalue weighted by Crippen LogP contribution is -2.32. The second kappa shape index (κ2) is 4.30. The zero-order chi connectivity index (χ0) is 9.97. The molecule has 0 aliphatic carbocycles. The van der Waals surface area contributed by atoms with Crippen LogP contribution in [0.25, 0.3) is 0 Å². The molecule has 1 saturated heterocycles. The van der Waals surface area contributed by atoms with Gasteiger partial charge in [-0.2, -0.15) is 0 Å². The predicted molar refractivity (Wildman–Crippen MR) is 62.5 cm³/mol. The van der Waals surface area contributed by atoms with E-state index in [1.165, 1.54) is 31.6 Å². The van der Waals surface area contributed by atoms with Gasteiger partial charge in [0.05, 0.1) is 11.9 Å². The largest absolute Gasteiger partial charge is 0.370 e. The first-order valence-electron chi connectivity index (χ1n) is 5.11. The molecule has 1 fully saturated rings. The van der Waals surface area contributed by atoms with Gasteiger partial charge in [0.25, 0.3) is 0 Å². The number of anilines is 1. The lowest BCUT2D eigenvalue weighted by molar-refractivity contribution is 0.438. The number of aromatic nitrogens is 1. The minimum atomic E-state index is 0.881. The van der Waals surface area contributed by atoms with E-state index in [4.69, 9.17) is 0 Å². The fourth-order valence-corrected chi connectivity index (χ4v) is 2.19. The molecule has 0 saturated carbocycles. The van der Waals surface area contributed by atoms with Crippen molar-refractivity contribution in [2.24, 2.45) is 5.92 Å². The standard InChI is InChI=1S/C11H15BrN2/c1-9-2-4-14(5-3-9)11-6-10(12)7-13-8-11/h6-9H,2-5H2,1H3. The summed E-state index contributed by atoms with van der Waals surface area (Å²) in [5.74, 6) is 0.881. The topological polar surface area (TPSA) is 16.1 Å². The Balaban J connectivity index is 2.08. The summed E-state index contributed by atoms with van der Waals surface area (Å²) in [7, 11) is 0. The number of rotatable bonds is 1. The van der Waals surface area contributed by atoms with E-state index in [0.717, 1.165) is 10.4 Å². The summed E-state index contributed by atoms with van der Waals surface area (Å²) in [5.41, 5.74) is 1.24. The van der Waals surface area contributed by atoms with Crippen LogP contribution in [0.5, 0.6) is 0 Å². The van der Waals surface area contributed by atoms with E-state index in [1.54, 1.807) is 0 Å². The Morgan fingerprint density at radius 2 is 2.07 bits per heavy atom. The van der Waals surface area contributed by atoms with Gasteiger partial charge < -0.3 is 4.90 Å². The molecule has 0 amide bonds. The highest BCUT2D eigenvalue weighted by atomic mass is 79.9. The molecule has 1 aromatic heterocycles. The van der Waals surface area contributed by atoms with Gasteiger partial charge in [-0.15, -0.1) is 0 Å². The van der Waals surface area contributed by atoms with Gasteiger partial charge in [-0.25, -0.2) is 0 Å². The first kappa shape index (κ1) is 9.97. The van der Waals surface area contributed by atoms with Crippen molar-refractivity contribution in [2.75, 3.05) is 18.0 Å². The normalized spacial score (nSPS) is 18.6. The number of halogens is 1. The smallest absolute Gasteiger partial charge is 0.0564 e. The molecule has 2 rings (SSSR count). The Labute approximate surface area is 93.5 Å². The fraction of sp³-hybridized carbons (Fsp3) is 0.545. The minimum Gasteiger partial charge on any atom is -0.370 e. The maximum absolute atomic E-state index is 4.19. The van der Waals surface area contributed by atoms with E-state index in [9.17, 15) is 0 Å². The number of nitrogens with zero attached hydrogens (tertiary/aromatic N) is 2. The van der Waals surface area contributed by atoms with E-state index < -0.39 is 0 Å². The SMILES string of the molecule is CC1CCN(c2cncc(Br)c2)CC1. The molecule has 14 heavy (non-hydrogen) atoms. The third kappa shape index (κ3) is 2.27. The van der Waals surface area contributed by atoms with Crippen LogP contribution in [0.4, 0.5) is 5.69 Å². The molecule has 2 nitrogen and oxygen atoms in total. The van der Waals surface area contributed by atoms with Crippen LogP contribution < -0.4 is 4.90 Å². The molecule has 0 unspecified atom stereocenters. The fourth-order valence-electron chi connectivity index (χ4n) is 1.84. The maximum atomic E-state index is 4.19. The van der Waals surface area contributed by atoms with Crippen LogP contribution in [-0.2, 0) is 0 Å². The van der Waals surface area contributed by atoms with Crippen molar-refractivity contribution in [3.05, 3.63) is 22.9 Å². The Morgan fingerprint density at radius 3 is 2.71 bits per heavy atom. The highest BCUT2D eigenvalue weighted by molar-refractivity contribution is 9.10. The number of hydrogen-bond donors (Lipinski definition) is 0. The second-order valence-corrected chi connectivity index (χ2v) is 4.95. The van der Waals surface area contributed by atoms with Crippen molar-refractivity contribution in [1.82, 2.24) is 4.98 Å². The maximum Gasteiger partial charge on any atom is 0.0564 e. The first-order chi connectivity index (χ1) is 6.75. The molecule has 76 valence electrons. The van der Waals surface area contributed by atoms with Gasteiger partial charge in [0, 0.05) is 23.8 Å². The van der Waals surface area contributed by atoms with Crippen LogP contribution in [-0.4, -0.2) is 18.1 Å².